The van der Waals surface area contributed by atoms with Gasteiger partial charge in [0.05, 0.1) is 13.7 Å². The molecular weight excluding hydrogens is 330 g/mol. The Morgan fingerprint density at radius 3 is 2.83 bits per heavy atom. The van der Waals surface area contributed by atoms with Gasteiger partial charge in [-0.2, -0.15) is 0 Å². The highest BCUT2D eigenvalue weighted by molar-refractivity contribution is 6.29. The molecule has 1 N–H and O–H groups in total. The van der Waals surface area contributed by atoms with Gasteiger partial charge in [-0.3, -0.25) is 0 Å². The predicted molar refractivity (Wildman–Crippen MR) is 93.1 cm³/mol. The fourth-order valence-electron chi connectivity index (χ4n) is 2.30. The first kappa shape index (κ1) is 18.4. The number of halogens is 1. The van der Waals surface area contributed by atoms with Gasteiger partial charge in [-0.05, 0) is 38.8 Å². The second kappa shape index (κ2) is 7.75. The average molecular weight is 354 g/mol. The SMILES string of the molecule is COc1cc(CNC2=CCCN(C(=O)OC(C)(C)C)C2)cc(Cl)n1. The van der Waals surface area contributed by atoms with E-state index in [2.05, 4.69) is 16.4 Å². The van der Waals surface area contributed by atoms with Crippen LogP contribution in [0.25, 0.3) is 0 Å². The van der Waals surface area contributed by atoms with Crippen molar-refractivity contribution < 1.29 is 14.3 Å². The van der Waals surface area contributed by atoms with E-state index in [-0.39, 0.29) is 6.09 Å². The third-order valence-electron chi connectivity index (χ3n) is 3.36. The van der Waals surface area contributed by atoms with Crippen molar-refractivity contribution in [1.82, 2.24) is 15.2 Å². The average Bonchev–Trinajstić information content (AvgIpc) is 2.51. The molecule has 2 heterocycles. The lowest BCUT2D eigenvalue weighted by molar-refractivity contribution is 0.0259. The van der Waals surface area contributed by atoms with Crippen LogP contribution in [0.5, 0.6) is 5.88 Å². The molecule has 0 unspecified atom stereocenters. The molecule has 0 saturated heterocycles. The lowest BCUT2D eigenvalue weighted by Crippen LogP contribution is -2.41. The Morgan fingerprint density at radius 1 is 1.42 bits per heavy atom. The first-order chi connectivity index (χ1) is 11.3. The number of hydrogen-bond acceptors (Lipinski definition) is 5. The summed E-state index contributed by atoms with van der Waals surface area (Å²) in [5, 5.41) is 3.72. The molecule has 1 aromatic heterocycles. The van der Waals surface area contributed by atoms with Gasteiger partial charge >= 0.3 is 6.09 Å². The minimum Gasteiger partial charge on any atom is -0.481 e. The molecule has 0 radical (unpaired) electrons. The first-order valence-electron chi connectivity index (χ1n) is 7.88. The molecule has 24 heavy (non-hydrogen) atoms. The van der Waals surface area contributed by atoms with E-state index in [4.69, 9.17) is 21.1 Å². The van der Waals surface area contributed by atoms with E-state index in [9.17, 15) is 4.79 Å². The quantitative estimate of drug-likeness (QED) is 0.841. The zero-order valence-electron chi connectivity index (χ0n) is 14.6. The molecule has 6 nitrogen and oxygen atoms in total. The third kappa shape index (κ3) is 5.60. The fourth-order valence-corrected chi connectivity index (χ4v) is 2.52. The van der Waals surface area contributed by atoms with Crippen LogP contribution in [-0.4, -0.2) is 41.8 Å². The number of nitrogens with zero attached hydrogens (tertiary/aromatic N) is 2. The van der Waals surface area contributed by atoms with E-state index in [1.54, 1.807) is 18.1 Å². The Bertz CT molecular complexity index is 626. The number of hydrogen-bond donors (Lipinski definition) is 1. The molecule has 1 aromatic rings. The summed E-state index contributed by atoms with van der Waals surface area (Å²) in [4.78, 5) is 17.9. The molecule has 0 bridgehead atoms. The largest absolute Gasteiger partial charge is 0.481 e. The van der Waals surface area contributed by atoms with Crippen LogP contribution in [0.1, 0.15) is 32.8 Å². The van der Waals surface area contributed by atoms with Crippen molar-refractivity contribution in [1.29, 1.82) is 0 Å². The van der Waals surface area contributed by atoms with E-state index in [0.717, 1.165) is 17.7 Å². The van der Waals surface area contributed by atoms with Gasteiger partial charge in [0.1, 0.15) is 10.8 Å². The highest BCUT2D eigenvalue weighted by Gasteiger charge is 2.24. The maximum atomic E-state index is 12.2. The van der Waals surface area contributed by atoms with E-state index >= 15 is 0 Å². The van der Waals surface area contributed by atoms with Gasteiger partial charge in [-0.25, -0.2) is 9.78 Å². The van der Waals surface area contributed by atoms with E-state index in [1.165, 1.54) is 0 Å². The minimum absolute atomic E-state index is 0.288. The van der Waals surface area contributed by atoms with Crippen LogP contribution >= 0.6 is 11.6 Å². The van der Waals surface area contributed by atoms with Gasteiger partial charge in [0.25, 0.3) is 0 Å². The molecule has 1 amide bonds. The Kier molecular flexibility index (Phi) is 5.94. The van der Waals surface area contributed by atoms with Gasteiger partial charge in [0, 0.05) is 24.9 Å². The molecule has 2 rings (SSSR count). The molecule has 1 aliphatic rings. The standard InChI is InChI=1S/C17H24ClN3O3/c1-17(2,3)24-16(22)21-7-5-6-13(11-21)19-10-12-8-14(18)20-15(9-12)23-4/h6,8-9,19H,5,7,10-11H2,1-4H3. The lowest BCUT2D eigenvalue weighted by atomic mass is 10.2. The summed E-state index contributed by atoms with van der Waals surface area (Å²) < 4.78 is 10.5. The van der Waals surface area contributed by atoms with Crippen LogP contribution in [0.2, 0.25) is 5.15 Å². The summed E-state index contributed by atoms with van der Waals surface area (Å²) in [6.07, 6.45) is 2.60. The number of amides is 1. The van der Waals surface area contributed by atoms with Crippen LogP contribution in [0.3, 0.4) is 0 Å². The second-order valence-electron chi connectivity index (χ2n) is 6.61. The van der Waals surface area contributed by atoms with Crippen LogP contribution in [0, 0.1) is 0 Å². The second-order valence-corrected chi connectivity index (χ2v) is 7.00. The summed E-state index contributed by atoms with van der Waals surface area (Å²) >= 11 is 5.97. The molecule has 132 valence electrons. The van der Waals surface area contributed by atoms with Crippen LogP contribution in [0.15, 0.2) is 23.9 Å². The number of pyridine rings is 1. The molecule has 0 spiro atoms. The van der Waals surface area contributed by atoms with Gasteiger partial charge < -0.3 is 19.7 Å². The minimum atomic E-state index is -0.490. The molecule has 1 aliphatic heterocycles. The number of ether oxygens (including phenoxy) is 2. The van der Waals surface area contributed by atoms with E-state index in [1.807, 2.05) is 26.8 Å². The summed E-state index contributed by atoms with van der Waals surface area (Å²) in [6.45, 7) is 7.34. The van der Waals surface area contributed by atoms with Crippen LogP contribution in [-0.2, 0) is 11.3 Å². The smallest absolute Gasteiger partial charge is 0.410 e. The Labute approximate surface area is 147 Å². The summed E-state index contributed by atoms with van der Waals surface area (Å²) in [5.74, 6) is 0.479. The summed E-state index contributed by atoms with van der Waals surface area (Å²) in [7, 11) is 1.55. The molecule has 0 aromatic carbocycles. The van der Waals surface area contributed by atoms with Crippen molar-refractivity contribution in [2.75, 3.05) is 20.2 Å². The Morgan fingerprint density at radius 2 is 2.17 bits per heavy atom. The molecule has 0 aliphatic carbocycles. The number of carbonyl (C=O) groups excluding carboxylic acids is 1. The van der Waals surface area contributed by atoms with Crippen molar-refractivity contribution in [2.45, 2.75) is 39.3 Å². The summed E-state index contributed by atoms with van der Waals surface area (Å²) in [5.41, 5.74) is 1.46. The number of nitrogens with one attached hydrogen (secondary N) is 1. The topological polar surface area (TPSA) is 63.7 Å². The maximum Gasteiger partial charge on any atom is 0.410 e. The van der Waals surface area contributed by atoms with Crippen LogP contribution < -0.4 is 10.1 Å². The van der Waals surface area contributed by atoms with Gasteiger partial charge in [0.15, 0.2) is 0 Å². The predicted octanol–water partition coefficient (Wildman–Crippen LogP) is 3.36. The van der Waals surface area contributed by atoms with Crippen molar-refractivity contribution in [2.24, 2.45) is 0 Å². The van der Waals surface area contributed by atoms with Gasteiger partial charge in [0.2, 0.25) is 5.88 Å². The molecule has 0 fully saturated rings. The number of carbonyl (C=O) groups is 1. The monoisotopic (exact) mass is 353 g/mol. The highest BCUT2D eigenvalue weighted by Crippen LogP contribution is 2.17. The highest BCUT2D eigenvalue weighted by atomic mass is 35.5. The first-order valence-corrected chi connectivity index (χ1v) is 8.26. The summed E-state index contributed by atoms with van der Waals surface area (Å²) in [6, 6.07) is 3.61. The van der Waals surface area contributed by atoms with Crippen molar-refractivity contribution in [3.05, 3.63) is 34.6 Å². The number of aromatic nitrogens is 1. The number of methoxy groups -OCH3 is 1. The van der Waals surface area contributed by atoms with E-state index in [0.29, 0.717) is 30.7 Å². The van der Waals surface area contributed by atoms with Crippen LogP contribution in [0.4, 0.5) is 4.79 Å². The lowest BCUT2D eigenvalue weighted by Gasteiger charge is -2.30. The van der Waals surface area contributed by atoms with E-state index < -0.39 is 5.60 Å². The zero-order chi connectivity index (χ0) is 17.7. The van der Waals surface area contributed by atoms with Crippen molar-refractivity contribution in [3.63, 3.8) is 0 Å². The normalized spacial score (nSPS) is 14.9. The molecule has 0 saturated carbocycles. The van der Waals surface area contributed by atoms with Gasteiger partial charge in [-0.1, -0.05) is 17.7 Å². The van der Waals surface area contributed by atoms with Crippen molar-refractivity contribution >= 4 is 17.7 Å². The fraction of sp³-hybridized carbons (Fsp3) is 0.529. The number of rotatable bonds is 4. The molecular formula is C17H24ClN3O3. The third-order valence-corrected chi connectivity index (χ3v) is 3.56. The van der Waals surface area contributed by atoms with Crippen molar-refractivity contribution in [3.8, 4) is 5.88 Å². The molecule has 7 heteroatoms. The Balaban J connectivity index is 1.93. The molecule has 0 atom stereocenters. The maximum absolute atomic E-state index is 12.2. The Hall–Kier alpha value is -1.95. The zero-order valence-corrected chi connectivity index (χ0v) is 15.3. The van der Waals surface area contributed by atoms with Gasteiger partial charge in [-0.15, -0.1) is 0 Å².